The molecule has 3 rings (SSSR count). The molecule has 2 aromatic carbocycles. The molecule has 134 valence electrons. The van der Waals surface area contributed by atoms with Crippen LogP contribution >= 0.6 is 15.9 Å². The summed E-state index contributed by atoms with van der Waals surface area (Å²) < 4.78 is 1.90. The largest absolute Gasteiger partial charge is 0.352 e. The van der Waals surface area contributed by atoms with Gasteiger partial charge in [0.15, 0.2) is 0 Å². The average Bonchev–Trinajstić information content (AvgIpc) is 2.64. The maximum atomic E-state index is 12.5. The minimum Gasteiger partial charge on any atom is -0.352 e. The number of halogens is 1. The minimum absolute atomic E-state index is 0.109. The third-order valence-corrected chi connectivity index (χ3v) is 4.56. The smallest absolute Gasteiger partial charge is 0.328 e. The molecule has 0 spiro atoms. The molecule has 0 atom stereocenters. The Morgan fingerprint density at radius 1 is 1.12 bits per heavy atom. The van der Waals surface area contributed by atoms with Crippen molar-refractivity contribution in [3.05, 3.63) is 79.4 Å². The number of carbonyl (C=O) groups excluding carboxylic acids is 1. The van der Waals surface area contributed by atoms with Gasteiger partial charge in [0, 0.05) is 24.0 Å². The van der Waals surface area contributed by atoms with Crippen LogP contribution in [0.2, 0.25) is 0 Å². The van der Waals surface area contributed by atoms with Crippen LogP contribution < -0.4 is 16.6 Å². The number of benzene rings is 2. The van der Waals surface area contributed by atoms with Gasteiger partial charge in [-0.2, -0.15) is 0 Å². The number of nitrogens with zero attached hydrogens (tertiary/aromatic N) is 1. The molecule has 0 saturated carbocycles. The molecule has 6 nitrogen and oxygen atoms in total. The Hall–Kier alpha value is -2.67. The van der Waals surface area contributed by atoms with Crippen molar-refractivity contribution in [2.24, 2.45) is 0 Å². The highest BCUT2D eigenvalue weighted by Crippen LogP contribution is 2.14. The number of H-pyrrole nitrogens is 1. The molecule has 26 heavy (non-hydrogen) atoms. The summed E-state index contributed by atoms with van der Waals surface area (Å²) in [5, 5.41) is 3.27. The fourth-order valence-electron chi connectivity index (χ4n) is 2.71. The predicted molar refractivity (Wildman–Crippen MR) is 104 cm³/mol. The fraction of sp³-hybridized carbons (Fsp3) is 0.211. The number of fused-ring (bicyclic) bond motifs is 1. The van der Waals surface area contributed by atoms with E-state index >= 15 is 0 Å². The molecule has 3 aromatic rings. The highest BCUT2D eigenvalue weighted by atomic mass is 79.9. The molecule has 1 amide bonds. The summed E-state index contributed by atoms with van der Waals surface area (Å²) in [5.74, 6) is -0.109. The Bertz CT molecular complexity index is 1040. The summed E-state index contributed by atoms with van der Waals surface area (Å²) in [5.41, 5.74) is 0.706. The van der Waals surface area contributed by atoms with Crippen molar-refractivity contribution in [1.82, 2.24) is 14.9 Å². The standard InChI is InChI=1S/C19H18BrN3O3/c20-14-8-9-16-15(11-14)18(25)23(19(26)22-16)10-4-7-17(24)21-12-13-5-2-1-3-6-13/h1-3,5-6,8-9,11H,4,7,10,12H2,(H,21,24)(H,22,26). The highest BCUT2D eigenvalue weighted by Gasteiger charge is 2.09. The first kappa shape index (κ1) is 18.1. The van der Waals surface area contributed by atoms with Gasteiger partial charge < -0.3 is 10.3 Å². The fourth-order valence-corrected chi connectivity index (χ4v) is 3.07. The van der Waals surface area contributed by atoms with Crippen LogP contribution in [0.1, 0.15) is 18.4 Å². The van der Waals surface area contributed by atoms with Crippen molar-refractivity contribution in [2.75, 3.05) is 0 Å². The summed E-state index contributed by atoms with van der Waals surface area (Å²) >= 11 is 3.32. The lowest BCUT2D eigenvalue weighted by atomic mass is 10.2. The van der Waals surface area contributed by atoms with Gasteiger partial charge in [-0.15, -0.1) is 0 Å². The molecule has 0 unspecified atom stereocenters. The number of carbonyl (C=O) groups is 1. The van der Waals surface area contributed by atoms with E-state index in [-0.39, 0.29) is 24.4 Å². The number of hydrogen-bond donors (Lipinski definition) is 2. The van der Waals surface area contributed by atoms with Crippen LogP contribution in [-0.4, -0.2) is 15.5 Å². The second kappa shape index (κ2) is 8.14. The molecule has 1 heterocycles. The third kappa shape index (κ3) is 4.29. The van der Waals surface area contributed by atoms with Gasteiger partial charge in [0.1, 0.15) is 0 Å². The van der Waals surface area contributed by atoms with Gasteiger partial charge in [0.2, 0.25) is 5.91 Å². The van der Waals surface area contributed by atoms with Crippen molar-refractivity contribution < 1.29 is 4.79 Å². The number of amides is 1. The number of aromatic nitrogens is 2. The van der Waals surface area contributed by atoms with Crippen molar-refractivity contribution >= 4 is 32.7 Å². The van der Waals surface area contributed by atoms with Crippen LogP contribution in [0, 0.1) is 0 Å². The Morgan fingerprint density at radius 3 is 2.65 bits per heavy atom. The summed E-state index contributed by atoms with van der Waals surface area (Å²) in [7, 11) is 0. The molecular weight excluding hydrogens is 398 g/mol. The quantitative estimate of drug-likeness (QED) is 0.648. The van der Waals surface area contributed by atoms with E-state index in [4.69, 9.17) is 0 Å². The van der Waals surface area contributed by atoms with Crippen LogP contribution in [0.15, 0.2) is 62.6 Å². The first-order valence-electron chi connectivity index (χ1n) is 8.27. The van der Waals surface area contributed by atoms with Crippen molar-refractivity contribution in [2.45, 2.75) is 25.9 Å². The molecule has 0 fully saturated rings. The first-order chi connectivity index (χ1) is 12.5. The van der Waals surface area contributed by atoms with Crippen LogP contribution in [0.4, 0.5) is 0 Å². The third-order valence-electron chi connectivity index (χ3n) is 4.06. The molecule has 7 heteroatoms. The normalized spacial score (nSPS) is 10.8. The molecule has 0 bridgehead atoms. The van der Waals surface area contributed by atoms with Gasteiger partial charge in [0.25, 0.3) is 5.56 Å². The summed E-state index contributed by atoms with van der Waals surface area (Å²) in [6.45, 7) is 0.652. The second-order valence-corrected chi connectivity index (χ2v) is 6.86. The molecule has 0 aliphatic heterocycles. The predicted octanol–water partition coefficient (Wildman–Crippen LogP) is 2.55. The number of aromatic amines is 1. The molecule has 0 aliphatic rings. The maximum absolute atomic E-state index is 12.5. The van der Waals surface area contributed by atoms with Crippen LogP contribution in [0.3, 0.4) is 0 Å². The van der Waals surface area contributed by atoms with E-state index in [2.05, 4.69) is 26.2 Å². The second-order valence-electron chi connectivity index (χ2n) is 5.94. The van der Waals surface area contributed by atoms with Crippen LogP contribution in [0.25, 0.3) is 10.9 Å². The van der Waals surface area contributed by atoms with E-state index < -0.39 is 5.69 Å². The Balaban J connectivity index is 1.62. The van der Waals surface area contributed by atoms with E-state index in [0.29, 0.717) is 23.9 Å². The summed E-state index contributed by atoms with van der Waals surface area (Å²) in [6, 6.07) is 14.7. The molecular formula is C19H18BrN3O3. The molecule has 1 aromatic heterocycles. The van der Waals surface area contributed by atoms with Crippen molar-refractivity contribution in [1.29, 1.82) is 0 Å². The van der Waals surface area contributed by atoms with Crippen molar-refractivity contribution in [3.63, 3.8) is 0 Å². The number of nitrogens with one attached hydrogen (secondary N) is 2. The van der Waals surface area contributed by atoms with E-state index in [9.17, 15) is 14.4 Å². The molecule has 0 saturated heterocycles. The van der Waals surface area contributed by atoms with E-state index in [1.165, 1.54) is 0 Å². The van der Waals surface area contributed by atoms with Gasteiger partial charge in [-0.3, -0.25) is 14.2 Å². The van der Waals surface area contributed by atoms with E-state index in [1.54, 1.807) is 18.2 Å². The van der Waals surface area contributed by atoms with Crippen LogP contribution in [-0.2, 0) is 17.9 Å². The van der Waals surface area contributed by atoms with Crippen molar-refractivity contribution in [3.8, 4) is 0 Å². The SMILES string of the molecule is O=C(CCCn1c(=O)[nH]c2ccc(Br)cc2c1=O)NCc1ccccc1. The van der Waals surface area contributed by atoms with Gasteiger partial charge >= 0.3 is 5.69 Å². The van der Waals surface area contributed by atoms with Gasteiger partial charge in [-0.25, -0.2) is 4.79 Å². The van der Waals surface area contributed by atoms with Crippen LogP contribution in [0.5, 0.6) is 0 Å². The monoisotopic (exact) mass is 415 g/mol. The maximum Gasteiger partial charge on any atom is 0.328 e. The highest BCUT2D eigenvalue weighted by molar-refractivity contribution is 9.10. The Morgan fingerprint density at radius 2 is 1.88 bits per heavy atom. The lowest BCUT2D eigenvalue weighted by Gasteiger charge is -2.08. The molecule has 0 aliphatic carbocycles. The van der Waals surface area contributed by atoms with Gasteiger partial charge in [-0.1, -0.05) is 46.3 Å². The summed E-state index contributed by atoms with van der Waals surface area (Å²) in [6.07, 6.45) is 0.651. The zero-order chi connectivity index (χ0) is 18.5. The molecule has 0 radical (unpaired) electrons. The lowest BCUT2D eigenvalue weighted by Crippen LogP contribution is -2.35. The first-order valence-corrected chi connectivity index (χ1v) is 9.07. The zero-order valence-electron chi connectivity index (χ0n) is 14.0. The summed E-state index contributed by atoms with van der Waals surface area (Å²) in [4.78, 5) is 39.3. The Labute approximate surface area is 158 Å². The lowest BCUT2D eigenvalue weighted by molar-refractivity contribution is -0.121. The Kier molecular flexibility index (Phi) is 5.68. The number of hydrogen-bond acceptors (Lipinski definition) is 3. The van der Waals surface area contributed by atoms with E-state index in [0.717, 1.165) is 14.6 Å². The molecule has 2 N–H and O–H groups in total. The topological polar surface area (TPSA) is 84.0 Å². The van der Waals surface area contributed by atoms with E-state index in [1.807, 2.05) is 30.3 Å². The zero-order valence-corrected chi connectivity index (χ0v) is 15.6. The minimum atomic E-state index is -0.463. The number of rotatable bonds is 6. The van der Waals surface area contributed by atoms with Gasteiger partial charge in [0.05, 0.1) is 10.9 Å². The van der Waals surface area contributed by atoms with Gasteiger partial charge in [-0.05, 0) is 30.2 Å². The average molecular weight is 416 g/mol.